The molecule has 0 unspecified atom stereocenters. The van der Waals surface area contributed by atoms with E-state index >= 15 is 0 Å². The summed E-state index contributed by atoms with van der Waals surface area (Å²) in [5.74, 6) is 1.09. The van der Waals surface area contributed by atoms with Gasteiger partial charge in [0.05, 0.1) is 13.7 Å². The van der Waals surface area contributed by atoms with Gasteiger partial charge in [-0.2, -0.15) is 0 Å². The quantitative estimate of drug-likeness (QED) is 0.797. The molecule has 136 valence electrons. The Morgan fingerprint density at radius 3 is 2.65 bits per heavy atom. The van der Waals surface area contributed by atoms with Crippen molar-refractivity contribution < 1.29 is 9.53 Å². The van der Waals surface area contributed by atoms with Crippen LogP contribution in [0.5, 0.6) is 5.75 Å². The van der Waals surface area contributed by atoms with E-state index in [1.54, 1.807) is 7.11 Å². The minimum Gasteiger partial charge on any atom is -0.497 e. The van der Waals surface area contributed by atoms with Crippen molar-refractivity contribution >= 4 is 11.6 Å². The molecule has 1 heterocycles. The van der Waals surface area contributed by atoms with E-state index in [4.69, 9.17) is 4.74 Å². The number of nitrogens with zero attached hydrogens (tertiary/aromatic N) is 2. The number of aryl methyl sites for hydroxylation is 1. The van der Waals surface area contributed by atoms with Gasteiger partial charge in [0.1, 0.15) is 5.75 Å². The molecule has 1 aliphatic carbocycles. The maximum absolute atomic E-state index is 13.1. The van der Waals surface area contributed by atoms with Crippen molar-refractivity contribution in [1.82, 2.24) is 4.90 Å². The van der Waals surface area contributed by atoms with Crippen LogP contribution in [0.4, 0.5) is 5.69 Å². The lowest BCUT2D eigenvalue weighted by Crippen LogP contribution is -2.43. The van der Waals surface area contributed by atoms with Crippen LogP contribution in [0, 0.1) is 0 Å². The maximum Gasteiger partial charge on any atom is 0.241 e. The first kappa shape index (κ1) is 17.1. The number of para-hydroxylation sites is 1. The van der Waals surface area contributed by atoms with E-state index in [2.05, 4.69) is 35.2 Å². The minimum absolute atomic E-state index is 0.220. The maximum atomic E-state index is 13.1. The van der Waals surface area contributed by atoms with Gasteiger partial charge in [0.15, 0.2) is 0 Å². The number of fused-ring (bicyclic) bond motifs is 1. The molecule has 0 aromatic heterocycles. The Bertz CT molecular complexity index is 768. The number of methoxy groups -OCH3 is 1. The second-order valence-corrected chi connectivity index (χ2v) is 7.26. The van der Waals surface area contributed by atoms with Crippen molar-refractivity contribution in [3.05, 3.63) is 59.7 Å². The summed E-state index contributed by atoms with van der Waals surface area (Å²) in [5.41, 5.74) is 3.62. The number of anilines is 1. The lowest BCUT2D eigenvalue weighted by Gasteiger charge is -2.32. The molecule has 0 atom stereocenters. The van der Waals surface area contributed by atoms with Crippen molar-refractivity contribution in [3.8, 4) is 5.75 Å². The molecule has 2 aliphatic rings. The number of hydrogen-bond donors (Lipinski definition) is 0. The van der Waals surface area contributed by atoms with Crippen LogP contribution in [-0.2, 0) is 17.8 Å². The van der Waals surface area contributed by atoms with E-state index in [0.29, 0.717) is 12.6 Å². The smallest absolute Gasteiger partial charge is 0.241 e. The third kappa shape index (κ3) is 3.75. The standard InChI is InChI=1S/C22H26N2O2/c1-26-20-12-8-17(9-13-20)15-23(19-10-11-19)16-22(25)24-14-4-6-18-5-2-3-7-21(18)24/h2-3,5,7-9,12-13,19H,4,6,10-11,14-16H2,1H3. The SMILES string of the molecule is COc1ccc(CN(CC(=O)N2CCCc3ccccc32)C2CC2)cc1. The monoisotopic (exact) mass is 350 g/mol. The van der Waals surface area contributed by atoms with Crippen molar-refractivity contribution in [3.63, 3.8) is 0 Å². The predicted molar refractivity (Wildman–Crippen MR) is 104 cm³/mol. The van der Waals surface area contributed by atoms with Crippen molar-refractivity contribution in [2.24, 2.45) is 0 Å². The number of benzene rings is 2. The summed E-state index contributed by atoms with van der Waals surface area (Å²) in [6.07, 6.45) is 4.50. The zero-order valence-electron chi connectivity index (χ0n) is 15.4. The first-order chi connectivity index (χ1) is 12.7. The molecule has 1 amide bonds. The number of carbonyl (C=O) groups is 1. The number of hydrogen-bond acceptors (Lipinski definition) is 3. The van der Waals surface area contributed by atoms with Gasteiger partial charge in [-0.1, -0.05) is 30.3 Å². The van der Waals surface area contributed by atoms with E-state index in [9.17, 15) is 4.79 Å². The van der Waals surface area contributed by atoms with Crippen LogP contribution < -0.4 is 9.64 Å². The average molecular weight is 350 g/mol. The minimum atomic E-state index is 0.220. The zero-order chi connectivity index (χ0) is 17.9. The molecule has 0 spiro atoms. The Morgan fingerprint density at radius 1 is 1.15 bits per heavy atom. The van der Waals surface area contributed by atoms with Crippen molar-refractivity contribution in [2.75, 3.05) is 25.1 Å². The second-order valence-electron chi connectivity index (χ2n) is 7.26. The molecule has 2 aromatic rings. The molecule has 0 saturated heterocycles. The van der Waals surface area contributed by atoms with Gasteiger partial charge in [-0.05, 0) is 55.0 Å². The van der Waals surface area contributed by atoms with Crippen LogP contribution in [0.25, 0.3) is 0 Å². The zero-order valence-corrected chi connectivity index (χ0v) is 15.4. The molecule has 4 heteroatoms. The Labute approximate surface area is 155 Å². The highest BCUT2D eigenvalue weighted by Gasteiger charge is 2.32. The normalized spacial score (nSPS) is 16.5. The summed E-state index contributed by atoms with van der Waals surface area (Å²) < 4.78 is 5.24. The molecule has 4 rings (SSSR count). The summed E-state index contributed by atoms with van der Waals surface area (Å²) in [6.45, 7) is 2.14. The summed E-state index contributed by atoms with van der Waals surface area (Å²) in [6, 6.07) is 17.0. The fourth-order valence-electron chi connectivity index (χ4n) is 3.77. The van der Waals surface area contributed by atoms with Gasteiger partial charge in [-0.25, -0.2) is 0 Å². The fraction of sp³-hybridized carbons (Fsp3) is 0.409. The van der Waals surface area contributed by atoms with Gasteiger partial charge < -0.3 is 9.64 Å². The Kier molecular flexibility index (Phi) is 4.93. The highest BCUT2D eigenvalue weighted by Crippen LogP contribution is 2.30. The topological polar surface area (TPSA) is 32.8 Å². The molecule has 26 heavy (non-hydrogen) atoms. The van der Waals surface area contributed by atoms with Gasteiger partial charge in [0.2, 0.25) is 5.91 Å². The van der Waals surface area contributed by atoms with Crippen LogP contribution >= 0.6 is 0 Å². The predicted octanol–water partition coefficient (Wildman–Crippen LogP) is 3.64. The first-order valence-corrected chi connectivity index (χ1v) is 9.50. The van der Waals surface area contributed by atoms with Crippen molar-refractivity contribution in [1.29, 1.82) is 0 Å². The molecule has 0 N–H and O–H groups in total. The highest BCUT2D eigenvalue weighted by molar-refractivity contribution is 5.96. The van der Waals surface area contributed by atoms with Gasteiger partial charge in [0.25, 0.3) is 0 Å². The van der Waals surface area contributed by atoms with Gasteiger partial charge in [-0.3, -0.25) is 9.69 Å². The van der Waals surface area contributed by atoms with Crippen LogP contribution in [0.3, 0.4) is 0 Å². The molecular formula is C22H26N2O2. The highest BCUT2D eigenvalue weighted by atomic mass is 16.5. The number of rotatable bonds is 6. The van der Waals surface area contributed by atoms with Crippen LogP contribution in [-0.4, -0.2) is 37.0 Å². The van der Waals surface area contributed by atoms with Crippen LogP contribution in [0.1, 0.15) is 30.4 Å². The van der Waals surface area contributed by atoms with E-state index in [1.807, 2.05) is 23.1 Å². The molecular weight excluding hydrogens is 324 g/mol. The van der Waals surface area contributed by atoms with E-state index < -0.39 is 0 Å². The number of amides is 1. The summed E-state index contributed by atoms with van der Waals surface area (Å²) >= 11 is 0. The first-order valence-electron chi connectivity index (χ1n) is 9.50. The molecule has 1 aliphatic heterocycles. The molecule has 4 nitrogen and oxygen atoms in total. The second kappa shape index (κ2) is 7.50. The van der Waals surface area contributed by atoms with Crippen molar-refractivity contribution in [2.45, 2.75) is 38.3 Å². The Hall–Kier alpha value is -2.33. The van der Waals surface area contributed by atoms with Gasteiger partial charge >= 0.3 is 0 Å². The fourth-order valence-corrected chi connectivity index (χ4v) is 3.77. The van der Waals surface area contributed by atoms with Gasteiger partial charge in [-0.15, -0.1) is 0 Å². The molecule has 1 fully saturated rings. The molecule has 2 aromatic carbocycles. The summed E-state index contributed by atoms with van der Waals surface area (Å²) in [5, 5.41) is 0. The van der Waals surface area contributed by atoms with E-state index in [0.717, 1.165) is 37.4 Å². The summed E-state index contributed by atoms with van der Waals surface area (Å²) in [4.78, 5) is 17.4. The lowest BCUT2D eigenvalue weighted by atomic mass is 10.0. The van der Waals surface area contributed by atoms with E-state index in [1.165, 1.54) is 24.0 Å². The van der Waals surface area contributed by atoms with E-state index in [-0.39, 0.29) is 5.91 Å². The third-order valence-electron chi connectivity index (χ3n) is 5.36. The largest absolute Gasteiger partial charge is 0.497 e. The molecule has 0 radical (unpaired) electrons. The number of carbonyl (C=O) groups excluding carboxylic acids is 1. The molecule has 0 bridgehead atoms. The average Bonchev–Trinajstić information content (AvgIpc) is 3.53. The summed E-state index contributed by atoms with van der Waals surface area (Å²) in [7, 11) is 1.68. The van der Waals surface area contributed by atoms with Crippen LogP contribution in [0.2, 0.25) is 0 Å². The third-order valence-corrected chi connectivity index (χ3v) is 5.36. The Morgan fingerprint density at radius 2 is 1.92 bits per heavy atom. The number of ether oxygens (including phenoxy) is 1. The van der Waals surface area contributed by atoms with Crippen LogP contribution in [0.15, 0.2) is 48.5 Å². The Balaban J connectivity index is 1.46. The lowest BCUT2D eigenvalue weighted by molar-refractivity contribution is -0.120. The molecule has 1 saturated carbocycles. The van der Waals surface area contributed by atoms with Gasteiger partial charge in [0, 0.05) is 24.8 Å².